The molecule has 1 N–H and O–H groups in total. The Morgan fingerprint density at radius 3 is 2.37 bits per heavy atom. The number of carbonyl (C=O) groups excluding carboxylic acids is 1. The van der Waals surface area contributed by atoms with E-state index in [9.17, 15) is 23.1 Å². The van der Waals surface area contributed by atoms with Crippen LogP contribution >= 0.6 is 0 Å². The van der Waals surface area contributed by atoms with Gasteiger partial charge in [-0.2, -0.15) is 13.2 Å². The molecule has 1 aliphatic rings. The van der Waals surface area contributed by atoms with Crippen molar-refractivity contribution in [3.8, 4) is 0 Å². The lowest BCUT2D eigenvalue weighted by atomic mass is 9.87. The van der Waals surface area contributed by atoms with Crippen LogP contribution in [0.25, 0.3) is 0 Å². The zero-order valence-electron chi connectivity index (χ0n) is 10.2. The Kier molecular flexibility index (Phi) is 3.54. The Hall–Kier alpha value is -1.56. The van der Waals surface area contributed by atoms with Gasteiger partial charge in [-0.15, -0.1) is 0 Å². The first-order valence-electron chi connectivity index (χ1n) is 5.93. The van der Waals surface area contributed by atoms with E-state index < -0.39 is 17.7 Å². The summed E-state index contributed by atoms with van der Waals surface area (Å²) in [5.74, 6) is -1.88. The molecule has 1 amide bonds. The predicted octanol–water partition coefficient (Wildman–Crippen LogP) is 1.75. The average molecular weight is 273 g/mol. The number of rotatable bonds is 3. The average Bonchev–Trinajstić information content (AvgIpc) is 2.32. The van der Waals surface area contributed by atoms with Gasteiger partial charge in [-0.1, -0.05) is 30.3 Å². The van der Waals surface area contributed by atoms with Gasteiger partial charge in [0.15, 0.2) is 0 Å². The van der Waals surface area contributed by atoms with Gasteiger partial charge in [0.05, 0.1) is 13.1 Å². The number of carbonyl (C=O) groups is 1. The van der Waals surface area contributed by atoms with E-state index in [1.807, 2.05) is 30.3 Å². The van der Waals surface area contributed by atoms with Crippen LogP contribution in [-0.4, -0.2) is 40.8 Å². The number of halogens is 3. The van der Waals surface area contributed by atoms with E-state index in [0.717, 1.165) is 5.56 Å². The molecule has 1 aromatic rings. The van der Waals surface area contributed by atoms with Crippen LogP contribution in [0.1, 0.15) is 12.0 Å². The molecular formula is C13H14F3NO2. The third-order valence-corrected chi connectivity index (χ3v) is 3.22. The van der Waals surface area contributed by atoms with E-state index in [1.54, 1.807) is 0 Å². The van der Waals surface area contributed by atoms with Crippen molar-refractivity contribution in [3.63, 3.8) is 0 Å². The maximum absolute atomic E-state index is 12.2. The van der Waals surface area contributed by atoms with Gasteiger partial charge in [-0.05, 0) is 18.4 Å². The smallest absolute Gasteiger partial charge is 0.386 e. The summed E-state index contributed by atoms with van der Waals surface area (Å²) in [5, 5.41) is 10.00. The highest BCUT2D eigenvalue weighted by Gasteiger charge is 2.51. The van der Waals surface area contributed by atoms with Gasteiger partial charge in [-0.25, -0.2) is 0 Å². The molecule has 104 valence electrons. The molecule has 2 rings (SSSR count). The highest BCUT2D eigenvalue weighted by atomic mass is 19.4. The molecule has 6 heteroatoms. The molecule has 0 unspecified atom stereocenters. The summed E-state index contributed by atoms with van der Waals surface area (Å²) in [6.07, 6.45) is -3.94. The number of benzene rings is 1. The van der Waals surface area contributed by atoms with Crippen molar-refractivity contribution in [1.82, 2.24) is 4.90 Å². The lowest BCUT2D eigenvalue weighted by Crippen LogP contribution is -2.65. The maximum atomic E-state index is 12.2. The van der Waals surface area contributed by atoms with E-state index >= 15 is 0 Å². The van der Waals surface area contributed by atoms with Crippen LogP contribution in [0.2, 0.25) is 0 Å². The molecule has 0 atom stereocenters. The van der Waals surface area contributed by atoms with Crippen LogP contribution in [-0.2, 0) is 11.2 Å². The second-order valence-corrected chi connectivity index (χ2v) is 4.87. The summed E-state index contributed by atoms with van der Waals surface area (Å²) >= 11 is 0. The van der Waals surface area contributed by atoms with Gasteiger partial charge in [0.2, 0.25) is 0 Å². The van der Waals surface area contributed by atoms with Crippen molar-refractivity contribution in [2.75, 3.05) is 13.1 Å². The molecule has 0 bridgehead atoms. The molecule has 1 heterocycles. The minimum Gasteiger partial charge on any atom is -0.386 e. The minimum absolute atomic E-state index is 0.252. The Morgan fingerprint density at radius 1 is 1.26 bits per heavy atom. The van der Waals surface area contributed by atoms with Gasteiger partial charge >= 0.3 is 12.1 Å². The number of amides is 1. The maximum Gasteiger partial charge on any atom is 0.471 e. The zero-order chi connectivity index (χ0) is 14.1. The van der Waals surface area contributed by atoms with Gasteiger partial charge in [0.1, 0.15) is 5.60 Å². The Morgan fingerprint density at radius 2 is 1.84 bits per heavy atom. The summed E-state index contributed by atoms with van der Waals surface area (Å²) in [5.41, 5.74) is -0.187. The second-order valence-electron chi connectivity index (χ2n) is 4.87. The standard InChI is InChI=1S/C13H14F3NO2/c14-13(15,16)11(18)17-8-12(19,9-17)7-6-10-4-2-1-3-5-10/h1-5,19H,6-9H2. The topological polar surface area (TPSA) is 40.5 Å². The van der Waals surface area contributed by atoms with Crippen molar-refractivity contribution in [3.05, 3.63) is 35.9 Å². The first kappa shape index (κ1) is 13.9. The quantitative estimate of drug-likeness (QED) is 0.911. The lowest BCUT2D eigenvalue weighted by molar-refractivity contribution is -0.203. The van der Waals surface area contributed by atoms with Crippen molar-refractivity contribution < 1.29 is 23.1 Å². The molecular weight excluding hydrogens is 259 g/mol. The van der Waals surface area contributed by atoms with Gasteiger partial charge in [-0.3, -0.25) is 4.79 Å². The van der Waals surface area contributed by atoms with Crippen LogP contribution in [0.4, 0.5) is 13.2 Å². The number of likely N-dealkylation sites (tertiary alicyclic amines) is 1. The zero-order valence-corrected chi connectivity index (χ0v) is 10.2. The van der Waals surface area contributed by atoms with Crippen LogP contribution in [0, 0.1) is 0 Å². The molecule has 0 aromatic heterocycles. The molecule has 0 spiro atoms. The highest BCUT2D eigenvalue weighted by molar-refractivity contribution is 5.82. The molecule has 1 aliphatic heterocycles. The summed E-state index contributed by atoms with van der Waals surface area (Å²) < 4.78 is 36.5. The lowest BCUT2D eigenvalue weighted by Gasteiger charge is -2.46. The number of hydrogen-bond acceptors (Lipinski definition) is 2. The fourth-order valence-electron chi connectivity index (χ4n) is 2.17. The SMILES string of the molecule is O=C(N1CC(O)(CCc2ccccc2)C1)C(F)(F)F. The fraction of sp³-hybridized carbons (Fsp3) is 0.462. The van der Waals surface area contributed by atoms with Crippen molar-refractivity contribution in [2.24, 2.45) is 0 Å². The largest absolute Gasteiger partial charge is 0.471 e. The Bertz CT molecular complexity index is 453. The van der Waals surface area contributed by atoms with Crippen molar-refractivity contribution >= 4 is 5.91 Å². The number of β-amino-alcohol motifs (C(OH)–C–C–N with tert-alkyl or cyclic N) is 1. The fourth-order valence-corrected chi connectivity index (χ4v) is 2.17. The normalized spacial score (nSPS) is 18.0. The molecule has 1 fully saturated rings. The number of aliphatic hydroxyl groups is 1. The number of alkyl halides is 3. The van der Waals surface area contributed by atoms with Crippen molar-refractivity contribution in [1.29, 1.82) is 0 Å². The monoisotopic (exact) mass is 273 g/mol. The molecule has 19 heavy (non-hydrogen) atoms. The van der Waals surface area contributed by atoms with Crippen molar-refractivity contribution in [2.45, 2.75) is 24.6 Å². The number of nitrogens with zero attached hydrogens (tertiary/aromatic N) is 1. The van der Waals surface area contributed by atoms with Gasteiger partial charge in [0, 0.05) is 0 Å². The minimum atomic E-state index is -4.86. The molecule has 3 nitrogen and oxygen atoms in total. The summed E-state index contributed by atoms with van der Waals surface area (Å²) in [6, 6.07) is 9.37. The first-order valence-corrected chi connectivity index (χ1v) is 5.93. The molecule has 0 saturated carbocycles. The predicted molar refractivity (Wildman–Crippen MR) is 62.3 cm³/mol. The molecule has 1 saturated heterocycles. The third-order valence-electron chi connectivity index (χ3n) is 3.22. The van der Waals surface area contributed by atoms with E-state index in [1.165, 1.54) is 0 Å². The van der Waals surface area contributed by atoms with E-state index in [-0.39, 0.29) is 13.1 Å². The summed E-state index contributed by atoms with van der Waals surface area (Å²) in [7, 11) is 0. The van der Waals surface area contributed by atoms with Crippen LogP contribution < -0.4 is 0 Å². The van der Waals surface area contributed by atoms with Gasteiger partial charge < -0.3 is 10.0 Å². The third kappa shape index (κ3) is 3.26. The number of hydrogen-bond donors (Lipinski definition) is 1. The van der Waals surface area contributed by atoms with E-state index in [2.05, 4.69) is 0 Å². The second kappa shape index (κ2) is 4.85. The Labute approximate surface area is 108 Å². The van der Waals surface area contributed by atoms with Crippen LogP contribution in [0.5, 0.6) is 0 Å². The number of aryl methyl sites for hydroxylation is 1. The van der Waals surface area contributed by atoms with E-state index in [4.69, 9.17) is 0 Å². The van der Waals surface area contributed by atoms with Crippen LogP contribution in [0.3, 0.4) is 0 Å². The molecule has 1 aromatic carbocycles. The first-order chi connectivity index (χ1) is 8.80. The summed E-state index contributed by atoms with van der Waals surface area (Å²) in [4.78, 5) is 11.5. The van der Waals surface area contributed by atoms with E-state index in [0.29, 0.717) is 17.7 Å². The highest BCUT2D eigenvalue weighted by Crippen LogP contribution is 2.30. The van der Waals surface area contributed by atoms with Gasteiger partial charge in [0.25, 0.3) is 0 Å². The van der Waals surface area contributed by atoms with Crippen LogP contribution in [0.15, 0.2) is 30.3 Å². The molecule has 0 aliphatic carbocycles. The summed E-state index contributed by atoms with van der Waals surface area (Å²) in [6.45, 7) is -0.504. The molecule has 0 radical (unpaired) electrons. The Balaban J connectivity index is 1.83.